The van der Waals surface area contributed by atoms with Crippen LogP contribution >= 0.6 is 0 Å². The highest BCUT2D eigenvalue weighted by Gasteiger charge is 2.57. The van der Waals surface area contributed by atoms with Gasteiger partial charge in [0.15, 0.2) is 0 Å². The van der Waals surface area contributed by atoms with Gasteiger partial charge in [0.05, 0.1) is 12.7 Å². The van der Waals surface area contributed by atoms with Crippen molar-refractivity contribution in [3.63, 3.8) is 0 Å². The van der Waals surface area contributed by atoms with Crippen LogP contribution in [0.25, 0.3) is 0 Å². The molecule has 0 N–H and O–H groups in total. The topological polar surface area (TPSA) is 26.3 Å². The molecule has 1 heterocycles. The third-order valence-corrected chi connectivity index (χ3v) is 5.43. The summed E-state index contributed by atoms with van der Waals surface area (Å²) in [5, 5.41) is 0. The Morgan fingerprint density at radius 2 is 2.06 bits per heavy atom. The molecule has 0 aromatic rings. The summed E-state index contributed by atoms with van der Waals surface area (Å²) in [6.45, 7) is 7.58. The normalized spacial score (nSPS) is 48.6. The van der Waals surface area contributed by atoms with E-state index >= 15 is 0 Å². The van der Waals surface area contributed by atoms with E-state index in [4.69, 9.17) is 4.74 Å². The number of carbonyl (C=O) groups excluding carboxylic acids is 1. The van der Waals surface area contributed by atoms with Gasteiger partial charge in [-0.1, -0.05) is 27.2 Å². The SMILES string of the molecule is C[C@H]1CCC[C@@H]2CO[C@H]3[C@@H]2[C@H](CC3(C)C)C1=O. The predicted octanol–water partition coefficient (Wildman–Crippen LogP) is 3.05. The van der Waals surface area contributed by atoms with Gasteiger partial charge in [-0.15, -0.1) is 0 Å². The Kier molecular flexibility index (Phi) is 2.62. The highest BCUT2D eigenvalue weighted by molar-refractivity contribution is 5.84. The zero-order chi connectivity index (χ0) is 12.2. The first kappa shape index (κ1) is 11.7. The molecule has 2 nitrogen and oxygen atoms in total. The van der Waals surface area contributed by atoms with Crippen LogP contribution < -0.4 is 0 Å². The van der Waals surface area contributed by atoms with Gasteiger partial charge in [0, 0.05) is 17.8 Å². The van der Waals surface area contributed by atoms with Gasteiger partial charge in [-0.25, -0.2) is 0 Å². The zero-order valence-corrected chi connectivity index (χ0v) is 11.2. The molecule has 2 heteroatoms. The molecule has 3 aliphatic rings. The van der Waals surface area contributed by atoms with E-state index in [-0.39, 0.29) is 17.3 Å². The molecule has 1 saturated heterocycles. The fraction of sp³-hybridized carbons (Fsp3) is 0.933. The van der Waals surface area contributed by atoms with Gasteiger partial charge in [-0.05, 0) is 30.6 Å². The van der Waals surface area contributed by atoms with Crippen LogP contribution in [0, 0.1) is 29.1 Å². The molecule has 5 atom stereocenters. The number of Topliss-reactive ketones (excluding diaryl/α,β-unsaturated/α-hetero) is 1. The van der Waals surface area contributed by atoms with E-state index in [9.17, 15) is 4.79 Å². The number of ether oxygens (including phenoxy) is 1. The van der Waals surface area contributed by atoms with Crippen LogP contribution in [-0.4, -0.2) is 18.5 Å². The van der Waals surface area contributed by atoms with Crippen molar-refractivity contribution < 1.29 is 9.53 Å². The monoisotopic (exact) mass is 236 g/mol. The molecule has 0 aromatic carbocycles. The summed E-state index contributed by atoms with van der Waals surface area (Å²) in [4.78, 5) is 12.5. The molecular formula is C15H24O2. The number of rotatable bonds is 0. The van der Waals surface area contributed by atoms with Crippen LogP contribution in [0.5, 0.6) is 0 Å². The molecule has 0 radical (unpaired) electrons. The van der Waals surface area contributed by atoms with Gasteiger partial charge in [-0.3, -0.25) is 4.79 Å². The van der Waals surface area contributed by atoms with Crippen molar-refractivity contribution in [1.29, 1.82) is 0 Å². The van der Waals surface area contributed by atoms with Crippen molar-refractivity contribution in [1.82, 2.24) is 0 Å². The van der Waals surface area contributed by atoms with Crippen LogP contribution in [0.15, 0.2) is 0 Å². The standard InChI is InChI=1S/C15H24O2/c1-9-5-4-6-10-8-17-14-12(10)11(13(9)16)7-15(14,2)3/h9-12,14H,4-8H2,1-3H3/t9-,10+,11-,12-,14-/m0/s1. The lowest BCUT2D eigenvalue weighted by Crippen LogP contribution is -2.33. The molecule has 0 unspecified atom stereocenters. The molecule has 2 saturated carbocycles. The van der Waals surface area contributed by atoms with Crippen molar-refractivity contribution in [2.24, 2.45) is 29.1 Å². The summed E-state index contributed by atoms with van der Waals surface area (Å²) >= 11 is 0. The quantitative estimate of drug-likeness (QED) is 0.646. The second-order valence-corrected chi connectivity index (χ2v) is 7.12. The number of hydrogen-bond donors (Lipinski definition) is 0. The van der Waals surface area contributed by atoms with Crippen LogP contribution in [-0.2, 0) is 9.53 Å². The first-order valence-electron chi connectivity index (χ1n) is 7.16. The lowest BCUT2D eigenvalue weighted by atomic mass is 9.74. The summed E-state index contributed by atoms with van der Waals surface area (Å²) in [6, 6.07) is 0. The summed E-state index contributed by atoms with van der Waals surface area (Å²) in [5.41, 5.74) is 0.198. The van der Waals surface area contributed by atoms with Gasteiger partial charge >= 0.3 is 0 Å². The minimum absolute atomic E-state index is 0.198. The second-order valence-electron chi connectivity index (χ2n) is 7.12. The highest BCUT2D eigenvalue weighted by Crippen LogP contribution is 2.55. The van der Waals surface area contributed by atoms with E-state index in [1.807, 2.05) is 0 Å². The van der Waals surface area contributed by atoms with Gasteiger partial charge in [0.25, 0.3) is 0 Å². The molecule has 96 valence electrons. The maximum Gasteiger partial charge on any atom is 0.139 e. The molecule has 0 spiro atoms. The highest BCUT2D eigenvalue weighted by atomic mass is 16.5. The van der Waals surface area contributed by atoms with Crippen molar-refractivity contribution in [2.45, 2.75) is 52.6 Å². The minimum atomic E-state index is 0.198. The maximum absolute atomic E-state index is 12.5. The minimum Gasteiger partial charge on any atom is -0.377 e. The van der Waals surface area contributed by atoms with Gasteiger partial charge in [-0.2, -0.15) is 0 Å². The van der Waals surface area contributed by atoms with Crippen LogP contribution in [0.2, 0.25) is 0 Å². The molecule has 2 aliphatic carbocycles. The van der Waals surface area contributed by atoms with E-state index in [1.54, 1.807) is 0 Å². The lowest BCUT2D eigenvalue weighted by molar-refractivity contribution is -0.128. The molecule has 0 amide bonds. The summed E-state index contributed by atoms with van der Waals surface area (Å²) in [7, 11) is 0. The van der Waals surface area contributed by atoms with Crippen molar-refractivity contribution in [2.75, 3.05) is 6.61 Å². The second kappa shape index (κ2) is 3.81. The smallest absolute Gasteiger partial charge is 0.139 e. The summed E-state index contributed by atoms with van der Waals surface area (Å²) in [5.74, 6) is 2.28. The van der Waals surface area contributed by atoms with Crippen LogP contribution in [0.3, 0.4) is 0 Å². The van der Waals surface area contributed by atoms with Crippen molar-refractivity contribution >= 4 is 5.78 Å². The molecule has 1 aliphatic heterocycles. The number of hydrogen-bond acceptors (Lipinski definition) is 2. The molecule has 17 heavy (non-hydrogen) atoms. The summed E-state index contributed by atoms with van der Waals surface area (Å²) in [6.07, 6.45) is 4.95. The maximum atomic E-state index is 12.5. The Morgan fingerprint density at radius 1 is 1.29 bits per heavy atom. The Morgan fingerprint density at radius 3 is 2.82 bits per heavy atom. The van der Waals surface area contributed by atoms with Crippen molar-refractivity contribution in [3.05, 3.63) is 0 Å². The first-order chi connectivity index (χ1) is 8.00. The van der Waals surface area contributed by atoms with E-state index in [2.05, 4.69) is 20.8 Å². The molecule has 3 fully saturated rings. The van der Waals surface area contributed by atoms with Gasteiger partial charge in [0.1, 0.15) is 5.78 Å². The lowest BCUT2D eigenvalue weighted by Gasteiger charge is -2.28. The third-order valence-electron chi connectivity index (χ3n) is 5.43. The molecule has 3 rings (SSSR count). The van der Waals surface area contributed by atoms with Crippen LogP contribution in [0.1, 0.15) is 46.5 Å². The number of ketones is 1. The molecule has 0 bridgehead atoms. The van der Waals surface area contributed by atoms with Crippen LogP contribution in [0.4, 0.5) is 0 Å². The fourth-order valence-corrected chi connectivity index (χ4v) is 4.56. The van der Waals surface area contributed by atoms with Gasteiger partial charge in [0.2, 0.25) is 0 Å². The van der Waals surface area contributed by atoms with E-state index in [0.29, 0.717) is 23.7 Å². The molecule has 0 aromatic heterocycles. The average molecular weight is 236 g/mol. The Labute approximate surface area is 104 Å². The van der Waals surface area contributed by atoms with Gasteiger partial charge < -0.3 is 4.74 Å². The van der Waals surface area contributed by atoms with E-state index in [1.165, 1.54) is 12.8 Å². The number of carbonyl (C=O) groups is 1. The largest absolute Gasteiger partial charge is 0.377 e. The first-order valence-corrected chi connectivity index (χ1v) is 7.16. The van der Waals surface area contributed by atoms with Crippen molar-refractivity contribution in [3.8, 4) is 0 Å². The summed E-state index contributed by atoms with van der Waals surface area (Å²) < 4.78 is 6.05. The molecular weight excluding hydrogens is 212 g/mol. The third kappa shape index (κ3) is 1.68. The fourth-order valence-electron chi connectivity index (χ4n) is 4.56. The Balaban J connectivity index is 1.94. The Bertz CT molecular complexity index is 334. The van der Waals surface area contributed by atoms with E-state index < -0.39 is 0 Å². The zero-order valence-electron chi connectivity index (χ0n) is 11.2. The average Bonchev–Trinajstić information content (AvgIpc) is 2.77. The predicted molar refractivity (Wildman–Crippen MR) is 66.6 cm³/mol. The van der Waals surface area contributed by atoms with E-state index in [0.717, 1.165) is 19.4 Å². The Hall–Kier alpha value is -0.370.